The number of nitrogens with one attached hydrogen (secondary N) is 1. The quantitative estimate of drug-likeness (QED) is 0.913. The molecule has 0 aromatic heterocycles. The maximum atomic E-state index is 6.11. The van der Waals surface area contributed by atoms with Crippen LogP contribution in [0.3, 0.4) is 0 Å². The van der Waals surface area contributed by atoms with Gasteiger partial charge in [-0.15, -0.1) is 0 Å². The van der Waals surface area contributed by atoms with Crippen LogP contribution in [0.4, 0.5) is 0 Å². The molecule has 0 amide bonds. The van der Waals surface area contributed by atoms with Crippen molar-refractivity contribution in [3.63, 3.8) is 0 Å². The summed E-state index contributed by atoms with van der Waals surface area (Å²) < 4.78 is 5.46. The summed E-state index contributed by atoms with van der Waals surface area (Å²) in [6.45, 7) is 2.55. The highest BCUT2D eigenvalue weighted by atomic mass is 35.5. The lowest BCUT2D eigenvalue weighted by Crippen LogP contribution is -2.41. The van der Waals surface area contributed by atoms with Crippen LogP contribution in [0.15, 0.2) is 18.2 Å². The molecule has 94 valence electrons. The van der Waals surface area contributed by atoms with E-state index in [9.17, 15) is 0 Å². The number of halogens is 2. The SMILES string of the molecule is CNCC1(c2ccc(Cl)c(Cl)c2)CCOCC1. The third-order valence-corrected chi connectivity index (χ3v) is 4.24. The molecule has 1 fully saturated rings. The summed E-state index contributed by atoms with van der Waals surface area (Å²) in [5.74, 6) is 0. The zero-order chi connectivity index (χ0) is 12.3. The molecule has 0 atom stereocenters. The maximum Gasteiger partial charge on any atom is 0.0595 e. The second kappa shape index (κ2) is 5.57. The summed E-state index contributed by atoms with van der Waals surface area (Å²) in [6.07, 6.45) is 2.04. The Morgan fingerprint density at radius 1 is 1.24 bits per heavy atom. The molecule has 0 saturated carbocycles. The van der Waals surface area contributed by atoms with Gasteiger partial charge in [-0.25, -0.2) is 0 Å². The summed E-state index contributed by atoms with van der Waals surface area (Å²) in [6, 6.07) is 5.95. The Hall–Kier alpha value is -0.280. The van der Waals surface area contributed by atoms with Crippen LogP contribution in [0.2, 0.25) is 10.0 Å². The predicted molar refractivity (Wildman–Crippen MR) is 72.1 cm³/mol. The average Bonchev–Trinajstić information content (AvgIpc) is 2.34. The highest BCUT2D eigenvalue weighted by molar-refractivity contribution is 6.42. The number of rotatable bonds is 3. The molecule has 1 aliphatic heterocycles. The van der Waals surface area contributed by atoms with Crippen LogP contribution in [-0.2, 0) is 10.2 Å². The van der Waals surface area contributed by atoms with Crippen LogP contribution < -0.4 is 5.32 Å². The fraction of sp³-hybridized carbons (Fsp3) is 0.538. The van der Waals surface area contributed by atoms with Crippen molar-refractivity contribution < 1.29 is 4.74 Å². The van der Waals surface area contributed by atoms with Crippen molar-refractivity contribution in [1.82, 2.24) is 5.32 Å². The van der Waals surface area contributed by atoms with E-state index < -0.39 is 0 Å². The Bertz CT molecular complexity index is 383. The van der Waals surface area contributed by atoms with Gasteiger partial charge in [0.1, 0.15) is 0 Å². The topological polar surface area (TPSA) is 21.3 Å². The number of hydrogen-bond acceptors (Lipinski definition) is 2. The Balaban J connectivity index is 2.34. The molecule has 1 saturated heterocycles. The minimum atomic E-state index is 0.126. The zero-order valence-electron chi connectivity index (χ0n) is 9.93. The van der Waals surface area contributed by atoms with E-state index in [2.05, 4.69) is 11.4 Å². The van der Waals surface area contributed by atoms with Gasteiger partial charge in [-0.3, -0.25) is 0 Å². The normalized spacial score (nSPS) is 19.2. The van der Waals surface area contributed by atoms with Crippen molar-refractivity contribution in [2.75, 3.05) is 26.8 Å². The van der Waals surface area contributed by atoms with E-state index in [-0.39, 0.29) is 5.41 Å². The lowest BCUT2D eigenvalue weighted by Gasteiger charge is -2.37. The third kappa shape index (κ3) is 2.76. The average molecular weight is 274 g/mol. The first-order chi connectivity index (χ1) is 8.18. The van der Waals surface area contributed by atoms with Gasteiger partial charge >= 0.3 is 0 Å². The predicted octanol–water partition coefficient (Wildman–Crippen LogP) is 3.26. The second-order valence-corrected chi connectivity index (χ2v) is 5.37. The number of ether oxygens (including phenoxy) is 1. The number of hydrogen-bond donors (Lipinski definition) is 1. The van der Waals surface area contributed by atoms with Crippen molar-refractivity contribution in [2.45, 2.75) is 18.3 Å². The van der Waals surface area contributed by atoms with Gasteiger partial charge in [0.05, 0.1) is 10.0 Å². The van der Waals surface area contributed by atoms with Crippen molar-refractivity contribution >= 4 is 23.2 Å². The first kappa shape index (κ1) is 13.2. The molecule has 1 aromatic rings. The van der Waals surface area contributed by atoms with E-state index in [1.165, 1.54) is 5.56 Å². The fourth-order valence-corrected chi connectivity index (χ4v) is 2.79. The minimum absolute atomic E-state index is 0.126. The van der Waals surface area contributed by atoms with Gasteiger partial charge < -0.3 is 10.1 Å². The van der Waals surface area contributed by atoms with Crippen LogP contribution >= 0.6 is 23.2 Å². The van der Waals surface area contributed by atoms with Crippen molar-refractivity contribution in [2.24, 2.45) is 0 Å². The standard InChI is InChI=1S/C13H17Cl2NO/c1-16-9-13(4-6-17-7-5-13)10-2-3-11(14)12(15)8-10/h2-3,8,16H,4-7,9H2,1H3. The van der Waals surface area contributed by atoms with Crippen molar-refractivity contribution in [3.05, 3.63) is 33.8 Å². The number of benzene rings is 1. The molecule has 0 aliphatic carbocycles. The van der Waals surface area contributed by atoms with Crippen LogP contribution in [-0.4, -0.2) is 26.8 Å². The maximum absolute atomic E-state index is 6.11. The van der Waals surface area contributed by atoms with E-state index in [1.807, 2.05) is 19.2 Å². The van der Waals surface area contributed by atoms with E-state index in [4.69, 9.17) is 27.9 Å². The van der Waals surface area contributed by atoms with Crippen molar-refractivity contribution in [1.29, 1.82) is 0 Å². The highest BCUT2D eigenvalue weighted by Crippen LogP contribution is 2.36. The monoisotopic (exact) mass is 273 g/mol. The lowest BCUT2D eigenvalue weighted by molar-refractivity contribution is 0.0506. The Labute approximate surface area is 112 Å². The van der Waals surface area contributed by atoms with Crippen LogP contribution in [0.25, 0.3) is 0 Å². The van der Waals surface area contributed by atoms with Gasteiger partial charge in [0, 0.05) is 25.2 Å². The molecule has 0 bridgehead atoms. The summed E-state index contributed by atoms with van der Waals surface area (Å²) in [4.78, 5) is 0. The first-order valence-corrected chi connectivity index (χ1v) is 6.61. The molecule has 2 rings (SSSR count). The molecular weight excluding hydrogens is 257 g/mol. The van der Waals surface area contributed by atoms with E-state index in [0.29, 0.717) is 10.0 Å². The molecule has 0 unspecified atom stereocenters. The summed E-state index contributed by atoms with van der Waals surface area (Å²) in [5.41, 5.74) is 1.38. The molecule has 1 aliphatic rings. The second-order valence-electron chi connectivity index (χ2n) is 4.55. The molecule has 1 heterocycles. The van der Waals surface area contributed by atoms with E-state index in [0.717, 1.165) is 32.6 Å². The molecule has 0 radical (unpaired) electrons. The van der Waals surface area contributed by atoms with Gasteiger partial charge in [0.15, 0.2) is 0 Å². The molecular formula is C13H17Cl2NO. The van der Waals surface area contributed by atoms with Gasteiger partial charge in [0.2, 0.25) is 0 Å². The highest BCUT2D eigenvalue weighted by Gasteiger charge is 2.34. The minimum Gasteiger partial charge on any atom is -0.381 e. The van der Waals surface area contributed by atoms with Gasteiger partial charge in [0.25, 0.3) is 0 Å². The molecule has 1 aromatic carbocycles. The zero-order valence-corrected chi connectivity index (χ0v) is 11.4. The summed E-state index contributed by atoms with van der Waals surface area (Å²) >= 11 is 12.1. The lowest BCUT2D eigenvalue weighted by atomic mass is 9.74. The fourth-order valence-electron chi connectivity index (χ4n) is 2.49. The third-order valence-electron chi connectivity index (χ3n) is 3.50. The van der Waals surface area contributed by atoms with Crippen LogP contribution in [0.5, 0.6) is 0 Å². The van der Waals surface area contributed by atoms with E-state index >= 15 is 0 Å². The van der Waals surface area contributed by atoms with Gasteiger partial charge in [-0.2, -0.15) is 0 Å². The Morgan fingerprint density at radius 3 is 2.53 bits per heavy atom. The van der Waals surface area contributed by atoms with Crippen LogP contribution in [0, 0.1) is 0 Å². The summed E-state index contributed by atoms with van der Waals surface area (Å²) in [7, 11) is 1.98. The number of likely N-dealkylation sites (N-methyl/N-ethyl adjacent to an activating group) is 1. The molecule has 2 nitrogen and oxygen atoms in total. The molecule has 1 N–H and O–H groups in total. The smallest absolute Gasteiger partial charge is 0.0595 e. The Morgan fingerprint density at radius 2 is 1.94 bits per heavy atom. The van der Waals surface area contributed by atoms with Gasteiger partial charge in [-0.05, 0) is 37.6 Å². The summed E-state index contributed by atoms with van der Waals surface area (Å²) in [5, 5.41) is 4.52. The molecule has 4 heteroatoms. The molecule has 0 spiro atoms. The largest absolute Gasteiger partial charge is 0.381 e. The van der Waals surface area contributed by atoms with E-state index in [1.54, 1.807) is 0 Å². The van der Waals surface area contributed by atoms with Gasteiger partial charge in [-0.1, -0.05) is 29.3 Å². The molecule has 17 heavy (non-hydrogen) atoms. The Kier molecular flexibility index (Phi) is 4.31. The van der Waals surface area contributed by atoms with Crippen molar-refractivity contribution in [3.8, 4) is 0 Å². The first-order valence-electron chi connectivity index (χ1n) is 5.86. The van der Waals surface area contributed by atoms with Crippen LogP contribution in [0.1, 0.15) is 18.4 Å².